The van der Waals surface area contributed by atoms with Crippen molar-refractivity contribution in [2.75, 3.05) is 34.4 Å². The van der Waals surface area contributed by atoms with Gasteiger partial charge in [-0.05, 0) is 92.4 Å². The van der Waals surface area contributed by atoms with Crippen LogP contribution in [0.2, 0.25) is 0 Å². The molecule has 0 radical (unpaired) electrons. The van der Waals surface area contributed by atoms with E-state index in [0.29, 0.717) is 45.4 Å². The predicted molar refractivity (Wildman–Crippen MR) is 223 cm³/mol. The number of hydrogen-bond acceptors (Lipinski definition) is 13. The highest BCUT2D eigenvalue weighted by atomic mass is 16.7. The van der Waals surface area contributed by atoms with Crippen molar-refractivity contribution in [3.63, 3.8) is 0 Å². The van der Waals surface area contributed by atoms with Crippen molar-refractivity contribution in [1.29, 1.82) is 0 Å². The summed E-state index contributed by atoms with van der Waals surface area (Å²) in [6, 6.07) is 3.59. The first-order valence-electron chi connectivity index (χ1n) is 21.6. The number of aliphatic hydroxyl groups is 1. The lowest BCUT2D eigenvalue weighted by molar-refractivity contribution is -0.295. The monoisotopic (exact) mass is 829 g/mol. The van der Waals surface area contributed by atoms with Crippen molar-refractivity contribution in [3.8, 4) is 11.3 Å². The maximum absolute atomic E-state index is 14.8. The Morgan fingerprint density at radius 1 is 1.00 bits per heavy atom. The Labute approximate surface area is 352 Å². The van der Waals surface area contributed by atoms with Gasteiger partial charge in [0.05, 0.1) is 35.9 Å². The standard InChI is InChI=1S/C45H72N4O10/c1-13-21-56-45(9)36(14-2)58-42(53)32(7)38(51)31(6)40(59-43-39(52)35(48(10)11)23-29(4)57-43)44(8,54-12)24-28(3)37(50)30(5)41(45)55-22-16-15-20-49-26-34(47-27-49)33-18-17-19-46-25-33/h17-19,25-32,35-36,39-41,43,52H,13-16,20-24H2,1-12H3/t28-,29-,30+,31+,32-,35+,36-,39-,40-,41?,43+,44+,45-/m1/s1. The normalized spacial score (nSPS) is 35.4. The molecule has 0 aliphatic carbocycles. The fraction of sp³-hybridized carbons (Fsp3) is 0.756. The Morgan fingerprint density at radius 3 is 2.34 bits per heavy atom. The summed E-state index contributed by atoms with van der Waals surface area (Å²) in [6.45, 7) is 17.8. The molecular weight excluding hydrogens is 757 g/mol. The number of Topliss-reactive ketones (excluding diaryl/α,β-unsaturated/α-hetero) is 2. The first-order valence-corrected chi connectivity index (χ1v) is 21.6. The number of aliphatic hydroxyl groups excluding tert-OH is 1. The quantitative estimate of drug-likeness (QED) is 0.128. The molecule has 59 heavy (non-hydrogen) atoms. The molecule has 2 aliphatic heterocycles. The number of ketones is 2. The zero-order valence-corrected chi connectivity index (χ0v) is 37.6. The van der Waals surface area contributed by atoms with Crippen LogP contribution in [0.15, 0.2) is 37.1 Å². The van der Waals surface area contributed by atoms with Crippen molar-refractivity contribution in [1.82, 2.24) is 19.4 Å². The number of nitrogens with zero attached hydrogens (tertiary/aromatic N) is 4. The molecule has 0 aromatic carbocycles. The number of esters is 1. The number of unbranched alkanes of at least 4 members (excludes halogenated alkanes) is 1. The first kappa shape index (κ1) is 48.6. The minimum absolute atomic E-state index is 0.0921. The van der Waals surface area contributed by atoms with Gasteiger partial charge in [-0.1, -0.05) is 34.6 Å². The SMILES string of the molecule is CCCO[C@@]1(C)C(OCCCCn2cnc(-c3cccnc3)c2)[C@@H](C)C(=O)[C@H](C)C[C@](C)(OC)[C@H](O[C@@H]2O[C@H](C)C[C@H](N(C)C)[C@H]2O)[C@@H](C)C(=O)[C@@H](C)C(=O)O[C@@H]1CC. The molecule has 2 aromatic rings. The predicted octanol–water partition coefficient (Wildman–Crippen LogP) is 5.92. The fourth-order valence-corrected chi connectivity index (χ4v) is 8.96. The number of carbonyl (C=O) groups is 3. The number of hydrogen-bond donors (Lipinski definition) is 1. The van der Waals surface area contributed by atoms with Gasteiger partial charge in [-0.3, -0.25) is 19.4 Å². The Balaban J connectivity index is 1.66. The van der Waals surface area contributed by atoms with Gasteiger partial charge in [0.2, 0.25) is 0 Å². The smallest absolute Gasteiger partial charge is 0.316 e. The lowest BCUT2D eigenvalue weighted by Crippen LogP contribution is -2.60. The number of likely N-dealkylation sites (N-methyl/N-ethyl adjacent to an activating group) is 1. The molecule has 0 spiro atoms. The van der Waals surface area contributed by atoms with Crippen LogP contribution in [0.1, 0.15) is 101 Å². The van der Waals surface area contributed by atoms with E-state index < -0.39 is 77.3 Å². The van der Waals surface area contributed by atoms with Gasteiger partial charge in [-0.25, -0.2) is 4.98 Å². The Bertz CT molecular complexity index is 1640. The van der Waals surface area contributed by atoms with Gasteiger partial charge in [0.1, 0.15) is 29.5 Å². The lowest BCUT2D eigenvalue weighted by atomic mass is 9.74. The molecule has 332 valence electrons. The van der Waals surface area contributed by atoms with E-state index in [2.05, 4.69) is 9.97 Å². The average Bonchev–Trinajstić information content (AvgIpc) is 3.70. The van der Waals surface area contributed by atoms with Gasteiger partial charge in [-0.15, -0.1) is 0 Å². The Morgan fingerprint density at radius 2 is 1.71 bits per heavy atom. The number of methoxy groups -OCH3 is 1. The van der Waals surface area contributed by atoms with Gasteiger partial charge in [0.25, 0.3) is 0 Å². The third-order valence-corrected chi connectivity index (χ3v) is 12.6. The molecule has 14 nitrogen and oxygen atoms in total. The second-order valence-electron chi connectivity index (χ2n) is 17.5. The molecule has 2 aliphatic rings. The number of cyclic esters (lactones) is 1. The highest BCUT2D eigenvalue weighted by Gasteiger charge is 2.53. The average molecular weight is 829 g/mol. The van der Waals surface area contributed by atoms with Crippen LogP contribution in [-0.2, 0) is 49.3 Å². The lowest BCUT2D eigenvalue weighted by Gasteiger charge is -2.47. The topological polar surface area (TPSA) is 161 Å². The second kappa shape index (κ2) is 21.6. The third kappa shape index (κ3) is 11.6. The van der Waals surface area contributed by atoms with E-state index in [0.717, 1.165) is 17.7 Å². The van der Waals surface area contributed by atoms with Gasteiger partial charge < -0.3 is 43.0 Å². The molecule has 1 unspecified atom stereocenters. The summed E-state index contributed by atoms with van der Waals surface area (Å²) in [5.74, 6) is -4.59. The summed E-state index contributed by atoms with van der Waals surface area (Å²) in [5, 5.41) is 11.5. The fourth-order valence-electron chi connectivity index (χ4n) is 8.96. The molecule has 4 heterocycles. The van der Waals surface area contributed by atoms with Crippen LogP contribution in [0.4, 0.5) is 0 Å². The molecule has 0 amide bonds. The molecule has 0 bridgehead atoms. The highest BCUT2D eigenvalue weighted by molar-refractivity contribution is 6.00. The van der Waals surface area contributed by atoms with Crippen LogP contribution in [-0.4, -0.2) is 131 Å². The molecule has 2 aromatic heterocycles. The number of aromatic nitrogens is 3. The zero-order chi connectivity index (χ0) is 43.7. The summed E-state index contributed by atoms with van der Waals surface area (Å²) in [6.07, 6.45) is 5.55. The second-order valence-corrected chi connectivity index (χ2v) is 17.5. The number of aryl methyl sites for hydroxylation is 1. The van der Waals surface area contributed by atoms with Crippen molar-refractivity contribution >= 4 is 17.5 Å². The van der Waals surface area contributed by atoms with Crippen LogP contribution in [0.5, 0.6) is 0 Å². The molecule has 4 rings (SSSR count). The van der Waals surface area contributed by atoms with Crippen molar-refractivity contribution < 1.29 is 47.9 Å². The molecule has 2 fully saturated rings. The largest absolute Gasteiger partial charge is 0.459 e. The number of imidazole rings is 1. The van der Waals surface area contributed by atoms with E-state index in [4.69, 9.17) is 28.4 Å². The van der Waals surface area contributed by atoms with E-state index >= 15 is 0 Å². The summed E-state index contributed by atoms with van der Waals surface area (Å²) in [5.41, 5.74) is -0.675. The maximum atomic E-state index is 14.8. The number of ether oxygens (including phenoxy) is 6. The Kier molecular flexibility index (Phi) is 17.8. The molecule has 1 N–H and O–H groups in total. The number of carbonyl (C=O) groups excluding carboxylic acids is 3. The highest BCUT2D eigenvalue weighted by Crippen LogP contribution is 2.40. The van der Waals surface area contributed by atoms with Gasteiger partial charge in [0.15, 0.2) is 12.1 Å². The van der Waals surface area contributed by atoms with Crippen LogP contribution < -0.4 is 0 Å². The molecule has 0 saturated carbocycles. The van der Waals surface area contributed by atoms with Gasteiger partial charge in [0, 0.05) is 74.8 Å². The third-order valence-electron chi connectivity index (χ3n) is 12.6. The summed E-state index contributed by atoms with van der Waals surface area (Å²) in [4.78, 5) is 53.9. The molecule has 2 saturated heterocycles. The summed E-state index contributed by atoms with van der Waals surface area (Å²) in [7, 11) is 5.30. The summed E-state index contributed by atoms with van der Waals surface area (Å²) >= 11 is 0. The number of pyridine rings is 1. The minimum atomic E-state index is -1.24. The van der Waals surface area contributed by atoms with E-state index in [1.165, 1.54) is 7.11 Å². The van der Waals surface area contributed by atoms with Crippen molar-refractivity contribution in [3.05, 3.63) is 37.1 Å². The molecule has 13 atom stereocenters. The van der Waals surface area contributed by atoms with Gasteiger partial charge in [-0.2, -0.15) is 0 Å². The van der Waals surface area contributed by atoms with Gasteiger partial charge >= 0.3 is 5.97 Å². The van der Waals surface area contributed by atoms with E-state index in [1.807, 2.05) is 90.4 Å². The Hall–Kier alpha value is -3.11. The van der Waals surface area contributed by atoms with Crippen LogP contribution >= 0.6 is 0 Å². The van der Waals surface area contributed by atoms with Crippen LogP contribution in [0, 0.1) is 23.7 Å². The van der Waals surface area contributed by atoms with E-state index in [-0.39, 0.29) is 24.3 Å². The molecule has 14 heteroatoms. The number of rotatable bonds is 15. The van der Waals surface area contributed by atoms with Crippen LogP contribution in [0.25, 0.3) is 11.3 Å². The van der Waals surface area contributed by atoms with E-state index in [1.54, 1.807) is 32.6 Å². The summed E-state index contributed by atoms with van der Waals surface area (Å²) < 4.78 is 40.7. The van der Waals surface area contributed by atoms with E-state index in [9.17, 15) is 19.5 Å². The maximum Gasteiger partial charge on any atom is 0.316 e. The first-order chi connectivity index (χ1) is 27.9. The zero-order valence-electron chi connectivity index (χ0n) is 37.6. The minimum Gasteiger partial charge on any atom is -0.459 e. The van der Waals surface area contributed by atoms with Crippen molar-refractivity contribution in [2.45, 2.75) is 161 Å². The van der Waals surface area contributed by atoms with Crippen LogP contribution in [0.3, 0.4) is 0 Å². The van der Waals surface area contributed by atoms with Crippen molar-refractivity contribution in [2.24, 2.45) is 23.7 Å². The molecular formula is C45H72N4O10.